The van der Waals surface area contributed by atoms with E-state index < -0.39 is 0 Å². The normalized spacial score (nSPS) is 16.9. The summed E-state index contributed by atoms with van der Waals surface area (Å²) in [6, 6.07) is 6.27. The lowest BCUT2D eigenvalue weighted by Gasteiger charge is -2.37. The van der Waals surface area contributed by atoms with E-state index in [2.05, 4.69) is 51.7 Å². The van der Waals surface area contributed by atoms with Gasteiger partial charge >= 0.3 is 0 Å². The third kappa shape index (κ3) is 2.09. The van der Waals surface area contributed by atoms with Gasteiger partial charge in [0.15, 0.2) is 0 Å². The van der Waals surface area contributed by atoms with Crippen LogP contribution in [-0.2, 0) is 5.41 Å². The smallest absolute Gasteiger partial charge is 0.101 e. The van der Waals surface area contributed by atoms with Gasteiger partial charge in [0.05, 0.1) is 10.6 Å². The van der Waals surface area contributed by atoms with Gasteiger partial charge in [-0.05, 0) is 45.7 Å². The Morgan fingerprint density at radius 3 is 2.35 bits per heavy atom. The van der Waals surface area contributed by atoms with Crippen LogP contribution in [0.15, 0.2) is 12.1 Å². The third-order valence-corrected chi connectivity index (χ3v) is 5.00. The summed E-state index contributed by atoms with van der Waals surface area (Å²) in [6.07, 6.45) is 2.05. The van der Waals surface area contributed by atoms with E-state index in [-0.39, 0.29) is 11.0 Å². The molecule has 108 valence electrons. The van der Waals surface area contributed by atoms with Crippen molar-refractivity contribution in [1.29, 1.82) is 5.26 Å². The highest BCUT2D eigenvalue weighted by molar-refractivity contribution is 6.32. The van der Waals surface area contributed by atoms with Gasteiger partial charge in [-0.1, -0.05) is 25.4 Å². The molecule has 0 aliphatic carbocycles. The number of nitrogens with zero attached hydrogens (tertiary/aromatic N) is 2. The fourth-order valence-corrected chi connectivity index (χ4v) is 3.53. The number of hydrogen-bond acceptors (Lipinski definition) is 2. The minimum absolute atomic E-state index is 0.0403. The molecular weight excluding hydrogens is 268 g/mol. The molecule has 0 aromatic heterocycles. The average Bonchev–Trinajstić information content (AvgIpc) is 2.74. The van der Waals surface area contributed by atoms with Gasteiger partial charge in [-0.15, -0.1) is 0 Å². The Hall–Kier alpha value is -1.20. The van der Waals surface area contributed by atoms with E-state index in [0.29, 0.717) is 10.6 Å². The molecule has 0 saturated heterocycles. The Balaban J connectivity index is 2.76. The van der Waals surface area contributed by atoms with Gasteiger partial charge in [0.1, 0.15) is 6.07 Å². The molecule has 0 bridgehead atoms. The maximum absolute atomic E-state index is 9.54. The molecule has 0 spiro atoms. The van der Waals surface area contributed by atoms with Crippen LogP contribution in [0.1, 0.15) is 58.6 Å². The lowest BCUT2D eigenvalue weighted by atomic mass is 9.75. The summed E-state index contributed by atoms with van der Waals surface area (Å²) in [5, 5.41) is 10.1. The van der Waals surface area contributed by atoms with Gasteiger partial charge in [0, 0.05) is 28.7 Å². The SMILES string of the molecule is CCC1(CC)CN(C(C)(C)C)c2ccc(Cl)c(C#N)c21. The topological polar surface area (TPSA) is 27.0 Å². The zero-order chi connectivity index (χ0) is 15.1. The van der Waals surface area contributed by atoms with E-state index >= 15 is 0 Å². The number of benzene rings is 1. The Bertz CT molecular complexity index is 560. The van der Waals surface area contributed by atoms with Crippen LogP contribution in [0, 0.1) is 11.3 Å². The lowest BCUT2D eigenvalue weighted by molar-refractivity contribution is 0.387. The van der Waals surface area contributed by atoms with Crippen LogP contribution < -0.4 is 4.90 Å². The van der Waals surface area contributed by atoms with Gasteiger partial charge in [-0.25, -0.2) is 0 Å². The molecule has 1 heterocycles. The largest absolute Gasteiger partial charge is 0.366 e. The van der Waals surface area contributed by atoms with Crippen molar-refractivity contribution < 1.29 is 0 Å². The van der Waals surface area contributed by atoms with Gasteiger partial charge in [-0.2, -0.15) is 5.26 Å². The van der Waals surface area contributed by atoms with E-state index in [1.165, 1.54) is 5.69 Å². The number of rotatable bonds is 2. The highest BCUT2D eigenvalue weighted by atomic mass is 35.5. The van der Waals surface area contributed by atoms with Gasteiger partial charge in [-0.3, -0.25) is 0 Å². The third-order valence-electron chi connectivity index (χ3n) is 4.69. The zero-order valence-electron chi connectivity index (χ0n) is 13.0. The second-order valence-corrected chi connectivity index (χ2v) is 7.08. The minimum Gasteiger partial charge on any atom is -0.366 e. The highest BCUT2D eigenvalue weighted by Gasteiger charge is 2.45. The summed E-state index contributed by atoms with van der Waals surface area (Å²) in [6.45, 7) is 12.0. The van der Waals surface area contributed by atoms with Gasteiger partial charge in [0.25, 0.3) is 0 Å². The summed E-state index contributed by atoms with van der Waals surface area (Å²) in [7, 11) is 0. The summed E-state index contributed by atoms with van der Waals surface area (Å²) in [5.41, 5.74) is 3.09. The fourth-order valence-electron chi connectivity index (χ4n) is 3.33. The minimum atomic E-state index is 0.0403. The molecule has 2 rings (SSSR count). The molecule has 1 aromatic carbocycles. The number of fused-ring (bicyclic) bond motifs is 1. The molecule has 0 atom stereocenters. The average molecular weight is 291 g/mol. The molecule has 0 N–H and O–H groups in total. The molecule has 0 saturated carbocycles. The summed E-state index contributed by atoms with van der Waals surface area (Å²) < 4.78 is 0. The lowest BCUT2D eigenvalue weighted by Crippen LogP contribution is -2.44. The first-order valence-corrected chi connectivity index (χ1v) is 7.69. The van der Waals surface area contributed by atoms with Crippen LogP contribution in [0.4, 0.5) is 5.69 Å². The summed E-state index contributed by atoms with van der Waals surface area (Å²) in [5.74, 6) is 0. The molecule has 1 aliphatic heterocycles. The predicted octanol–water partition coefficient (Wildman–Crippen LogP) is 4.89. The van der Waals surface area contributed by atoms with Crippen LogP contribution >= 0.6 is 11.6 Å². The first-order valence-electron chi connectivity index (χ1n) is 7.31. The van der Waals surface area contributed by atoms with Crippen LogP contribution in [-0.4, -0.2) is 12.1 Å². The van der Waals surface area contributed by atoms with Gasteiger partial charge < -0.3 is 4.90 Å². The van der Waals surface area contributed by atoms with Crippen molar-refractivity contribution in [1.82, 2.24) is 0 Å². The zero-order valence-corrected chi connectivity index (χ0v) is 13.8. The Labute approximate surface area is 127 Å². The van der Waals surface area contributed by atoms with Crippen molar-refractivity contribution in [3.8, 4) is 6.07 Å². The molecule has 0 fully saturated rings. The first-order chi connectivity index (χ1) is 9.30. The number of hydrogen-bond donors (Lipinski definition) is 0. The van der Waals surface area contributed by atoms with E-state index in [4.69, 9.17) is 11.6 Å². The molecule has 1 aromatic rings. The molecule has 0 amide bonds. The maximum atomic E-state index is 9.54. The maximum Gasteiger partial charge on any atom is 0.101 e. The second kappa shape index (κ2) is 4.97. The van der Waals surface area contributed by atoms with E-state index in [0.717, 1.165) is 24.9 Å². The van der Waals surface area contributed by atoms with Crippen LogP contribution in [0.5, 0.6) is 0 Å². The standard InChI is InChI=1S/C17H23ClN2/c1-6-17(7-2)11-20(16(3,4)5)14-9-8-13(18)12(10-19)15(14)17/h8-9H,6-7,11H2,1-5H3. The summed E-state index contributed by atoms with van der Waals surface area (Å²) >= 11 is 6.27. The molecule has 20 heavy (non-hydrogen) atoms. The quantitative estimate of drug-likeness (QED) is 0.775. The van der Waals surface area contributed by atoms with E-state index in [9.17, 15) is 5.26 Å². The van der Waals surface area contributed by atoms with Crippen molar-refractivity contribution in [3.05, 3.63) is 28.3 Å². The Kier molecular flexibility index (Phi) is 3.77. The second-order valence-electron chi connectivity index (χ2n) is 6.67. The van der Waals surface area contributed by atoms with Crippen molar-refractivity contribution in [2.45, 2.75) is 58.4 Å². The number of nitriles is 1. The molecule has 0 radical (unpaired) electrons. The van der Waals surface area contributed by atoms with E-state index in [1.807, 2.05) is 6.07 Å². The molecule has 2 nitrogen and oxygen atoms in total. The highest BCUT2D eigenvalue weighted by Crippen LogP contribution is 2.50. The number of anilines is 1. The monoisotopic (exact) mass is 290 g/mol. The number of halogens is 1. The molecule has 1 aliphatic rings. The van der Waals surface area contributed by atoms with Crippen molar-refractivity contribution in [3.63, 3.8) is 0 Å². The van der Waals surface area contributed by atoms with Crippen LogP contribution in [0.2, 0.25) is 5.02 Å². The van der Waals surface area contributed by atoms with Crippen LogP contribution in [0.25, 0.3) is 0 Å². The van der Waals surface area contributed by atoms with Gasteiger partial charge in [0.2, 0.25) is 0 Å². The summed E-state index contributed by atoms with van der Waals surface area (Å²) in [4.78, 5) is 2.42. The Morgan fingerprint density at radius 2 is 1.90 bits per heavy atom. The van der Waals surface area contributed by atoms with Crippen molar-refractivity contribution >= 4 is 17.3 Å². The molecular formula is C17H23ClN2. The molecule has 3 heteroatoms. The fraction of sp³-hybridized carbons (Fsp3) is 0.588. The van der Waals surface area contributed by atoms with Crippen LogP contribution in [0.3, 0.4) is 0 Å². The Morgan fingerprint density at radius 1 is 1.30 bits per heavy atom. The van der Waals surface area contributed by atoms with Crippen molar-refractivity contribution in [2.24, 2.45) is 0 Å². The van der Waals surface area contributed by atoms with E-state index in [1.54, 1.807) is 0 Å². The first kappa shape index (κ1) is 15.2. The van der Waals surface area contributed by atoms with Crippen molar-refractivity contribution in [2.75, 3.05) is 11.4 Å². The predicted molar refractivity (Wildman–Crippen MR) is 85.5 cm³/mol. The molecule has 0 unspecified atom stereocenters.